The molecule has 0 bridgehead atoms. The van der Waals surface area contributed by atoms with Gasteiger partial charge in [-0.05, 0) is 31.0 Å². The molecule has 2 aliphatic heterocycles. The normalized spacial score (nSPS) is 21.3. The fourth-order valence-corrected chi connectivity index (χ4v) is 3.50. The van der Waals surface area contributed by atoms with Gasteiger partial charge in [0, 0.05) is 38.4 Å². The first-order chi connectivity index (χ1) is 13.4. The first kappa shape index (κ1) is 20.7. The molecule has 1 aromatic rings. The van der Waals surface area contributed by atoms with Crippen molar-refractivity contribution < 1.29 is 23.0 Å². The maximum atomic E-state index is 13.7. The predicted octanol–water partition coefficient (Wildman–Crippen LogP) is 2.07. The number of likely N-dealkylation sites (tertiary alicyclic amines) is 1. The molecule has 0 saturated carbocycles. The Hall–Kier alpha value is -2.00. The highest BCUT2D eigenvalue weighted by Gasteiger charge is 2.34. The number of hydrogen-bond acceptors (Lipinski definition) is 4. The van der Waals surface area contributed by atoms with Crippen LogP contribution >= 0.6 is 0 Å². The number of benzene rings is 1. The van der Waals surface area contributed by atoms with Crippen LogP contribution in [0.5, 0.6) is 0 Å². The molecule has 6 nitrogen and oxygen atoms in total. The van der Waals surface area contributed by atoms with Gasteiger partial charge < -0.3 is 25.0 Å². The number of aliphatic imine (C=N–C) groups is 1. The van der Waals surface area contributed by atoms with Crippen LogP contribution < -0.4 is 10.2 Å². The SMILES string of the molecule is CCNC(=NCc1ccc(N2CCOCC2)cc1C(F)(F)F)N1CC[C@@H](O)C1. The second-order valence-corrected chi connectivity index (χ2v) is 7.00. The lowest BCUT2D eigenvalue weighted by molar-refractivity contribution is -0.138. The Morgan fingerprint density at radius 3 is 2.64 bits per heavy atom. The molecule has 0 radical (unpaired) electrons. The minimum Gasteiger partial charge on any atom is -0.391 e. The van der Waals surface area contributed by atoms with E-state index in [1.807, 2.05) is 16.7 Å². The minimum atomic E-state index is -4.45. The number of morpholine rings is 1. The number of halogens is 3. The fourth-order valence-electron chi connectivity index (χ4n) is 3.50. The van der Waals surface area contributed by atoms with Crippen molar-refractivity contribution in [3.8, 4) is 0 Å². The number of guanidine groups is 1. The van der Waals surface area contributed by atoms with E-state index < -0.39 is 17.8 Å². The molecule has 0 amide bonds. The van der Waals surface area contributed by atoms with Gasteiger partial charge in [0.2, 0.25) is 0 Å². The number of ether oxygens (including phenoxy) is 1. The second-order valence-electron chi connectivity index (χ2n) is 7.00. The van der Waals surface area contributed by atoms with Crippen LogP contribution in [-0.4, -0.2) is 68.0 Å². The summed E-state index contributed by atoms with van der Waals surface area (Å²) in [5.41, 5.74) is 0.0372. The zero-order valence-corrected chi connectivity index (χ0v) is 16.0. The lowest BCUT2D eigenvalue weighted by Gasteiger charge is -2.29. The summed E-state index contributed by atoms with van der Waals surface area (Å²) in [6, 6.07) is 4.44. The van der Waals surface area contributed by atoms with Gasteiger partial charge in [0.25, 0.3) is 0 Å². The van der Waals surface area contributed by atoms with Crippen molar-refractivity contribution in [3.63, 3.8) is 0 Å². The zero-order valence-electron chi connectivity index (χ0n) is 16.0. The number of alkyl halides is 3. The Labute approximate surface area is 163 Å². The molecule has 0 aliphatic carbocycles. The van der Waals surface area contributed by atoms with Crippen LogP contribution in [0.15, 0.2) is 23.2 Å². The number of aliphatic hydroxyl groups is 1. The molecule has 156 valence electrons. The molecule has 1 aromatic carbocycles. The molecule has 0 unspecified atom stereocenters. The first-order valence-electron chi connectivity index (χ1n) is 9.62. The van der Waals surface area contributed by atoms with Crippen LogP contribution in [0.2, 0.25) is 0 Å². The summed E-state index contributed by atoms with van der Waals surface area (Å²) in [5, 5.41) is 12.8. The van der Waals surface area contributed by atoms with E-state index in [1.54, 1.807) is 6.07 Å². The Balaban J connectivity index is 1.83. The number of anilines is 1. The molecule has 2 N–H and O–H groups in total. The van der Waals surface area contributed by atoms with Crippen molar-refractivity contribution in [2.75, 3.05) is 50.8 Å². The van der Waals surface area contributed by atoms with Gasteiger partial charge in [-0.1, -0.05) is 6.07 Å². The third-order valence-corrected chi connectivity index (χ3v) is 4.97. The van der Waals surface area contributed by atoms with Gasteiger partial charge in [-0.3, -0.25) is 0 Å². The largest absolute Gasteiger partial charge is 0.416 e. The molecule has 2 saturated heterocycles. The third-order valence-electron chi connectivity index (χ3n) is 4.97. The molecule has 0 spiro atoms. The van der Waals surface area contributed by atoms with Gasteiger partial charge in [-0.25, -0.2) is 4.99 Å². The quantitative estimate of drug-likeness (QED) is 0.599. The molecule has 1 atom stereocenters. The van der Waals surface area contributed by atoms with E-state index in [1.165, 1.54) is 12.1 Å². The number of rotatable bonds is 4. The lowest BCUT2D eigenvalue weighted by Crippen LogP contribution is -2.40. The van der Waals surface area contributed by atoms with Crippen LogP contribution in [0.25, 0.3) is 0 Å². The summed E-state index contributed by atoms with van der Waals surface area (Å²) in [4.78, 5) is 8.19. The van der Waals surface area contributed by atoms with Gasteiger partial charge in [0.1, 0.15) is 0 Å². The van der Waals surface area contributed by atoms with Crippen molar-refractivity contribution in [3.05, 3.63) is 29.3 Å². The third kappa shape index (κ3) is 5.08. The summed E-state index contributed by atoms with van der Waals surface area (Å²) in [5.74, 6) is 0.532. The van der Waals surface area contributed by atoms with Crippen LogP contribution in [0.4, 0.5) is 18.9 Å². The Morgan fingerprint density at radius 1 is 1.29 bits per heavy atom. The monoisotopic (exact) mass is 400 g/mol. The van der Waals surface area contributed by atoms with E-state index in [4.69, 9.17) is 4.74 Å². The molecule has 3 rings (SSSR count). The van der Waals surface area contributed by atoms with Gasteiger partial charge in [0.15, 0.2) is 5.96 Å². The molecular weight excluding hydrogens is 373 g/mol. The van der Waals surface area contributed by atoms with Crippen LogP contribution in [0.3, 0.4) is 0 Å². The number of nitrogens with one attached hydrogen (secondary N) is 1. The van der Waals surface area contributed by atoms with Crippen molar-refractivity contribution >= 4 is 11.6 Å². The van der Waals surface area contributed by atoms with E-state index in [-0.39, 0.29) is 12.1 Å². The van der Waals surface area contributed by atoms with E-state index in [0.29, 0.717) is 64.0 Å². The summed E-state index contributed by atoms with van der Waals surface area (Å²) in [6.45, 7) is 5.69. The fraction of sp³-hybridized carbons (Fsp3) is 0.632. The minimum absolute atomic E-state index is 0.0762. The molecule has 2 fully saturated rings. The van der Waals surface area contributed by atoms with Crippen molar-refractivity contribution in [2.24, 2.45) is 4.99 Å². The standard InChI is InChI=1S/C19H27F3N4O2/c1-2-23-18(26-6-5-16(27)13-26)24-12-14-3-4-15(11-17(14)19(20,21)22)25-7-9-28-10-8-25/h3-4,11,16,27H,2,5-10,12-13H2,1H3,(H,23,24)/t16-/m1/s1. The van der Waals surface area contributed by atoms with Crippen molar-refractivity contribution in [1.29, 1.82) is 0 Å². The van der Waals surface area contributed by atoms with Gasteiger partial charge in [0.05, 0.1) is 31.4 Å². The van der Waals surface area contributed by atoms with Crippen molar-refractivity contribution in [1.82, 2.24) is 10.2 Å². The molecule has 2 aliphatic rings. The molecule has 28 heavy (non-hydrogen) atoms. The average molecular weight is 400 g/mol. The Bertz CT molecular complexity index is 690. The van der Waals surface area contributed by atoms with Crippen LogP contribution in [0.1, 0.15) is 24.5 Å². The Morgan fingerprint density at radius 2 is 2.04 bits per heavy atom. The number of aliphatic hydroxyl groups excluding tert-OH is 1. The molecule has 9 heteroatoms. The molecule has 2 heterocycles. The summed E-state index contributed by atoms with van der Waals surface area (Å²) in [7, 11) is 0. The van der Waals surface area contributed by atoms with Crippen molar-refractivity contribution in [2.45, 2.75) is 32.2 Å². The number of nitrogens with zero attached hydrogens (tertiary/aromatic N) is 3. The second kappa shape index (κ2) is 9.00. The maximum absolute atomic E-state index is 13.7. The van der Waals surface area contributed by atoms with Crippen LogP contribution in [-0.2, 0) is 17.5 Å². The highest BCUT2D eigenvalue weighted by molar-refractivity contribution is 5.80. The Kier molecular flexibility index (Phi) is 6.66. The van der Waals surface area contributed by atoms with Gasteiger partial charge in [-0.15, -0.1) is 0 Å². The molecule has 0 aromatic heterocycles. The summed E-state index contributed by atoms with van der Waals surface area (Å²) in [6.07, 6.45) is -4.25. The first-order valence-corrected chi connectivity index (χ1v) is 9.62. The van der Waals surface area contributed by atoms with E-state index >= 15 is 0 Å². The zero-order chi connectivity index (χ0) is 20.1. The average Bonchev–Trinajstić information content (AvgIpc) is 3.11. The number of hydrogen-bond donors (Lipinski definition) is 2. The van der Waals surface area contributed by atoms with Gasteiger partial charge >= 0.3 is 6.18 Å². The van der Waals surface area contributed by atoms with Crippen LogP contribution in [0, 0.1) is 0 Å². The van der Waals surface area contributed by atoms with E-state index in [2.05, 4.69) is 10.3 Å². The van der Waals surface area contributed by atoms with Gasteiger partial charge in [-0.2, -0.15) is 13.2 Å². The van der Waals surface area contributed by atoms with E-state index in [9.17, 15) is 18.3 Å². The topological polar surface area (TPSA) is 60.3 Å². The number of β-amino-alcohol motifs (C(OH)–C–C–N with tert-alkyl or cyclic N) is 1. The summed E-state index contributed by atoms with van der Waals surface area (Å²) >= 11 is 0. The summed E-state index contributed by atoms with van der Waals surface area (Å²) < 4.78 is 46.3. The lowest BCUT2D eigenvalue weighted by atomic mass is 10.1. The highest BCUT2D eigenvalue weighted by atomic mass is 19.4. The molecular formula is C19H27F3N4O2. The highest BCUT2D eigenvalue weighted by Crippen LogP contribution is 2.35. The van der Waals surface area contributed by atoms with E-state index in [0.717, 1.165) is 0 Å². The predicted molar refractivity (Wildman–Crippen MR) is 101 cm³/mol. The maximum Gasteiger partial charge on any atom is 0.416 e. The smallest absolute Gasteiger partial charge is 0.391 e.